The van der Waals surface area contributed by atoms with E-state index in [1.54, 1.807) is 0 Å². The van der Waals surface area contributed by atoms with Crippen LogP contribution in [0, 0.1) is 20.4 Å². The molecule has 0 amide bonds. The second kappa shape index (κ2) is 7.90. The number of fused-ring (bicyclic) bond motifs is 3. The molecule has 0 aliphatic heterocycles. The lowest BCUT2D eigenvalue weighted by atomic mass is 9.94. The van der Waals surface area contributed by atoms with E-state index < -0.39 is 5.89 Å². The van der Waals surface area contributed by atoms with Crippen molar-refractivity contribution in [3.8, 4) is 22.4 Å². The number of aryl methyl sites for hydroxylation is 2. The van der Waals surface area contributed by atoms with Crippen molar-refractivity contribution in [1.29, 1.82) is 0 Å². The van der Waals surface area contributed by atoms with Crippen molar-refractivity contribution in [1.82, 2.24) is 0 Å². The molecule has 3 aromatic carbocycles. The summed E-state index contributed by atoms with van der Waals surface area (Å²) in [4.78, 5) is 3.70. The molecule has 5 rings (SSSR count). The van der Waals surface area contributed by atoms with Crippen molar-refractivity contribution in [2.24, 2.45) is 7.05 Å². The summed E-state index contributed by atoms with van der Waals surface area (Å²) in [6.07, 6.45) is 0. The van der Waals surface area contributed by atoms with Gasteiger partial charge in [0.15, 0.2) is 11.4 Å². The molecule has 0 radical (unpaired) electrons. The minimum Gasteiger partial charge on any atom is -0.456 e. The highest BCUT2D eigenvalue weighted by Gasteiger charge is 2.24. The summed E-state index contributed by atoms with van der Waals surface area (Å²) in [5.41, 5.74) is 9.33. The van der Waals surface area contributed by atoms with Gasteiger partial charge < -0.3 is 4.42 Å². The minimum atomic E-state index is -0.714. The Bertz CT molecular complexity index is 1620. The Morgan fingerprint density at radius 2 is 1.76 bits per heavy atom. The van der Waals surface area contributed by atoms with Gasteiger partial charge in [-0.25, -0.2) is 4.85 Å². The molecule has 5 aromatic rings. The van der Waals surface area contributed by atoms with Crippen LogP contribution in [0.25, 0.3) is 49.2 Å². The van der Waals surface area contributed by atoms with Gasteiger partial charge in [-0.05, 0) is 47.2 Å². The smallest absolute Gasteiger partial charge is 0.216 e. The number of hydrogen-bond acceptors (Lipinski definition) is 1. The lowest BCUT2D eigenvalue weighted by Gasteiger charge is -2.11. The van der Waals surface area contributed by atoms with Gasteiger partial charge >= 0.3 is 0 Å². The highest BCUT2D eigenvalue weighted by molar-refractivity contribution is 6.16. The highest BCUT2D eigenvalue weighted by atomic mass is 16.3. The fourth-order valence-electron chi connectivity index (χ4n) is 4.61. The average molecular weight is 433 g/mol. The van der Waals surface area contributed by atoms with E-state index in [4.69, 9.17) is 12.4 Å². The van der Waals surface area contributed by atoms with Crippen LogP contribution in [-0.2, 0) is 7.05 Å². The summed E-state index contributed by atoms with van der Waals surface area (Å²) >= 11 is 0. The zero-order valence-corrected chi connectivity index (χ0v) is 19.7. The Morgan fingerprint density at radius 1 is 1.00 bits per heavy atom. The van der Waals surface area contributed by atoms with Crippen LogP contribution in [0.4, 0.5) is 5.69 Å². The third kappa shape index (κ3) is 3.39. The maximum absolute atomic E-state index is 8.61. The predicted octanol–water partition coefficient (Wildman–Crippen LogP) is 8.04. The van der Waals surface area contributed by atoms with E-state index >= 15 is 0 Å². The van der Waals surface area contributed by atoms with Crippen LogP contribution in [0.15, 0.2) is 71.1 Å². The molecule has 162 valence electrons. The highest BCUT2D eigenvalue weighted by Crippen LogP contribution is 2.43. The van der Waals surface area contributed by atoms with Gasteiger partial charge in [0.1, 0.15) is 18.2 Å². The minimum absolute atomic E-state index is 0.558. The van der Waals surface area contributed by atoms with Crippen LogP contribution >= 0.6 is 0 Å². The molecule has 0 aliphatic carbocycles. The fraction of sp³-hybridized carbons (Fsp3) is 0.200. The Kier molecular flexibility index (Phi) is 4.73. The first-order valence-corrected chi connectivity index (χ1v) is 11.1. The second-order valence-corrected chi connectivity index (χ2v) is 8.91. The molecule has 2 aromatic heterocycles. The van der Waals surface area contributed by atoms with E-state index in [1.165, 1.54) is 0 Å². The molecule has 0 atom stereocenters. The van der Waals surface area contributed by atoms with Crippen LogP contribution in [-0.4, -0.2) is 0 Å². The van der Waals surface area contributed by atoms with Crippen LogP contribution in [0.1, 0.15) is 37.9 Å². The topological polar surface area (TPSA) is 21.4 Å². The summed E-state index contributed by atoms with van der Waals surface area (Å²) in [6.45, 7) is 15.6. The van der Waals surface area contributed by atoms with Crippen LogP contribution in [0.3, 0.4) is 0 Å². The quantitative estimate of drug-likeness (QED) is 0.209. The molecule has 2 heterocycles. The number of pyridine rings is 1. The van der Waals surface area contributed by atoms with E-state index in [2.05, 4.69) is 66.7 Å². The number of nitrogens with zero attached hydrogens (tertiary/aromatic N) is 2. The Hall–Kier alpha value is -3.90. The van der Waals surface area contributed by atoms with Crippen molar-refractivity contribution in [2.75, 3.05) is 0 Å². The average Bonchev–Trinajstić information content (AvgIpc) is 3.18. The van der Waals surface area contributed by atoms with E-state index in [0.29, 0.717) is 11.3 Å². The van der Waals surface area contributed by atoms with E-state index in [9.17, 15) is 0 Å². The zero-order chi connectivity index (χ0) is 24.2. The van der Waals surface area contributed by atoms with E-state index in [0.717, 1.165) is 55.6 Å². The third-order valence-electron chi connectivity index (χ3n) is 6.53. The van der Waals surface area contributed by atoms with Gasteiger partial charge in [0, 0.05) is 31.2 Å². The fourth-order valence-corrected chi connectivity index (χ4v) is 4.61. The van der Waals surface area contributed by atoms with Gasteiger partial charge in [-0.2, -0.15) is 4.57 Å². The molecular weight excluding hydrogens is 404 g/mol. The van der Waals surface area contributed by atoms with Gasteiger partial charge in [-0.3, -0.25) is 0 Å². The molecule has 0 bridgehead atoms. The van der Waals surface area contributed by atoms with Crippen molar-refractivity contribution in [3.05, 3.63) is 95.0 Å². The number of benzene rings is 3. The van der Waals surface area contributed by atoms with Gasteiger partial charge in [-0.15, -0.1) is 0 Å². The van der Waals surface area contributed by atoms with Crippen LogP contribution in [0.5, 0.6) is 0 Å². The summed E-state index contributed by atoms with van der Waals surface area (Å²) in [7, 11) is 2.05. The van der Waals surface area contributed by atoms with Crippen LogP contribution < -0.4 is 4.57 Å². The van der Waals surface area contributed by atoms with Crippen molar-refractivity contribution in [3.63, 3.8) is 0 Å². The number of rotatable bonds is 3. The maximum Gasteiger partial charge on any atom is 0.216 e. The number of furan rings is 1. The van der Waals surface area contributed by atoms with Gasteiger partial charge in [0.05, 0.1) is 12.1 Å². The SMILES string of the molecule is [2H]C(C)(C)c1cc(C)[n+](C)c(-c2c(C)ccc3c2oc2cc([N+]#[C-])cc(-c4ccccc4)c23)c1. The first-order chi connectivity index (χ1) is 16.2. The molecule has 0 saturated heterocycles. The number of hydrogen-bond donors (Lipinski definition) is 0. The Balaban J connectivity index is 1.91. The van der Waals surface area contributed by atoms with Crippen LogP contribution in [0.2, 0.25) is 0 Å². The summed E-state index contributed by atoms with van der Waals surface area (Å²) in [6, 6.07) is 22.4. The van der Waals surface area contributed by atoms with Crippen molar-refractivity contribution < 1.29 is 10.4 Å². The molecule has 0 spiro atoms. The monoisotopic (exact) mass is 432 g/mol. The van der Waals surface area contributed by atoms with Crippen molar-refractivity contribution in [2.45, 2.75) is 33.6 Å². The standard InChI is InChI=1S/C30H27N2O/c1-18(2)22-14-20(4)32(6)26(15-22)28-19(3)12-13-24-29-25(21-10-8-7-9-11-21)16-23(31-5)17-27(29)33-30(24)28/h7-18H,1-4,6H3/q+1/i18D. The molecular formula is C30H27N2O+. The molecule has 33 heavy (non-hydrogen) atoms. The van der Waals surface area contributed by atoms with E-state index in [1.807, 2.05) is 44.2 Å². The van der Waals surface area contributed by atoms with Gasteiger partial charge in [0.25, 0.3) is 0 Å². The molecule has 0 saturated carbocycles. The third-order valence-corrected chi connectivity index (χ3v) is 6.53. The molecule has 3 nitrogen and oxygen atoms in total. The molecule has 0 unspecified atom stereocenters. The lowest BCUT2D eigenvalue weighted by molar-refractivity contribution is -0.666. The molecule has 0 fully saturated rings. The van der Waals surface area contributed by atoms with E-state index in [-0.39, 0.29) is 0 Å². The molecule has 0 N–H and O–H groups in total. The summed E-state index contributed by atoms with van der Waals surface area (Å²) in [5.74, 6) is -0.714. The van der Waals surface area contributed by atoms with Crippen molar-refractivity contribution >= 4 is 27.6 Å². The Labute approximate surface area is 196 Å². The normalized spacial score (nSPS) is 12.2. The van der Waals surface area contributed by atoms with Gasteiger partial charge in [-0.1, -0.05) is 56.3 Å². The Morgan fingerprint density at radius 3 is 2.45 bits per heavy atom. The largest absolute Gasteiger partial charge is 0.456 e. The molecule has 0 aliphatic rings. The predicted molar refractivity (Wildman–Crippen MR) is 136 cm³/mol. The summed E-state index contributed by atoms with van der Waals surface area (Å²) in [5, 5.41) is 2.05. The number of aromatic nitrogens is 1. The van der Waals surface area contributed by atoms with Gasteiger partial charge in [0.2, 0.25) is 5.69 Å². The first-order valence-electron chi connectivity index (χ1n) is 11.6. The first kappa shape index (κ1) is 19.8. The molecule has 3 heteroatoms. The summed E-state index contributed by atoms with van der Waals surface area (Å²) < 4.78 is 17.3. The second-order valence-electron chi connectivity index (χ2n) is 8.91. The zero-order valence-electron chi connectivity index (χ0n) is 20.7. The maximum atomic E-state index is 8.61. The lowest BCUT2D eigenvalue weighted by Crippen LogP contribution is -2.35.